The summed E-state index contributed by atoms with van der Waals surface area (Å²) in [5.41, 5.74) is 0.812. The number of nitrogens with zero attached hydrogens (tertiary/aromatic N) is 3. The third-order valence-corrected chi connectivity index (χ3v) is 10.4. The lowest BCUT2D eigenvalue weighted by Crippen LogP contribution is -2.55. The predicted molar refractivity (Wildman–Crippen MR) is 146 cm³/mol. The number of carbonyl (C=O) groups is 2. The van der Waals surface area contributed by atoms with Crippen molar-refractivity contribution in [1.29, 1.82) is 0 Å². The number of ether oxygens (including phenoxy) is 1. The van der Waals surface area contributed by atoms with Gasteiger partial charge < -0.3 is 14.5 Å². The maximum absolute atomic E-state index is 14.1. The molecule has 2 aliphatic carbocycles. The maximum Gasteiger partial charge on any atom is 0.410 e. The Labute approximate surface area is 227 Å². The normalized spacial score (nSPS) is 29.6. The molecule has 1 aromatic carbocycles. The summed E-state index contributed by atoms with van der Waals surface area (Å²) in [6.45, 7) is 6.87. The van der Waals surface area contributed by atoms with Crippen molar-refractivity contribution in [2.24, 2.45) is 17.3 Å². The van der Waals surface area contributed by atoms with Gasteiger partial charge in [0.25, 0.3) is 0 Å². The van der Waals surface area contributed by atoms with Crippen LogP contribution in [0.3, 0.4) is 0 Å². The van der Waals surface area contributed by atoms with Gasteiger partial charge in [0.05, 0.1) is 5.54 Å². The van der Waals surface area contributed by atoms with E-state index in [1.807, 2.05) is 17.0 Å². The highest BCUT2D eigenvalue weighted by Crippen LogP contribution is 2.49. The van der Waals surface area contributed by atoms with Crippen molar-refractivity contribution in [3.8, 4) is 0 Å². The molecule has 2 aliphatic heterocycles. The molecule has 6 nitrogen and oxygen atoms in total. The second kappa shape index (κ2) is 10.8. The van der Waals surface area contributed by atoms with Crippen molar-refractivity contribution in [2.45, 2.75) is 89.1 Å². The Bertz CT molecular complexity index is 996. The average Bonchev–Trinajstić information content (AvgIpc) is 3.47. The second-order valence-corrected chi connectivity index (χ2v) is 13.3. The van der Waals surface area contributed by atoms with Crippen molar-refractivity contribution in [1.82, 2.24) is 14.7 Å². The molecule has 0 spiro atoms. The zero-order valence-electron chi connectivity index (χ0n) is 23.8. The Hall–Kier alpha value is -2.15. The summed E-state index contributed by atoms with van der Waals surface area (Å²) < 4.78 is 19.1. The average molecular weight is 528 g/mol. The van der Waals surface area contributed by atoms with Crippen LogP contribution in [0.15, 0.2) is 24.3 Å². The third kappa shape index (κ3) is 5.32. The SMILES string of the molecule is CN(C)[C@@H]1CC(c2ccc(F)cc2)[C@H](C(=O)N2CCC(CN3C(=O)OCC3(C)C)(C3CCCCC3)CC2)C1. The van der Waals surface area contributed by atoms with Crippen molar-refractivity contribution in [3.05, 3.63) is 35.6 Å². The van der Waals surface area contributed by atoms with E-state index in [1.165, 1.54) is 44.2 Å². The van der Waals surface area contributed by atoms with E-state index >= 15 is 0 Å². The largest absolute Gasteiger partial charge is 0.447 e. The van der Waals surface area contributed by atoms with Crippen LogP contribution in [0.2, 0.25) is 0 Å². The lowest BCUT2D eigenvalue weighted by Gasteiger charge is -2.51. The molecule has 0 radical (unpaired) electrons. The zero-order valence-corrected chi connectivity index (χ0v) is 23.8. The zero-order chi connectivity index (χ0) is 27.1. The van der Waals surface area contributed by atoms with Crippen LogP contribution in [0.25, 0.3) is 0 Å². The molecule has 210 valence electrons. The predicted octanol–water partition coefficient (Wildman–Crippen LogP) is 5.67. The Kier molecular flexibility index (Phi) is 7.78. The molecule has 0 aromatic heterocycles. The Balaban J connectivity index is 1.33. The van der Waals surface area contributed by atoms with Gasteiger partial charge in [-0.25, -0.2) is 9.18 Å². The van der Waals surface area contributed by atoms with Crippen molar-refractivity contribution >= 4 is 12.0 Å². The quantitative estimate of drug-likeness (QED) is 0.478. The number of piperidine rings is 1. The number of amides is 2. The fourth-order valence-electron chi connectivity index (χ4n) is 7.84. The van der Waals surface area contributed by atoms with Crippen LogP contribution in [-0.4, -0.2) is 78.6 Å². The Morgan fingerprint density at radius 2 is 1.71 bits per heavy atom. The van der Waals surface area contributed by atoms with Crippen LogP contribution in [0, 0.1) is 23.1 Å². The molecule has 7 heteroatoms. The van der Waals surface area contributed by atoms with Crippen LogP contribution < -0.4 is 0 Å². The van der Waals surface area contributed by atoms with Crippen LogP contribution in [0.4, 0.5) is 9.18 Å². The summed E-state index contributed by atoms with van der Waals surface area (Å²) >= 11 is 0. The number of hydrogen-bond acceptors (Lipinski definition) is 4. The number of halogens is 1. The summed E-state index contributed by atoms with van der Waals surface area (Å²) in [5.74, 6) is 0.637. The van der Waals surface area contributed by atoms with Crippen LogP contribution in [-0.2, 0) is 9.53 Å². The van der Waals surface area contributed by atoms with Gasteiger partial charge in [-0.15, -0.1) is 0 Å². The molecule has 2 saturated carbocycles. The molecule has 38 heavy (non-hydrogen) atoms. The number of hydrogen-bond donors (Lipinski definition) is 0. The van der Waals surface area contributed by atoms with Crippen LogP contribution >= 0.6 is 0 Å². The van der Waals surface area contributed by atoms with Gasteiger partial charge in [0.15, 0.2) is 0 Å². The summed E-state index contributed by atoms with van der Waals surface area (Å²) in [6.07, 6.45) is 9.70. The number of carbonyl (C=O) groups excluding carboxylic acids is 2. The highest BCUT2D eigenvalue weighted by atomic mass is 19.1. The molecule has 4 aliphatic rings. The molecule has 2 heterocycles. The van der Waals surface area contributed by atoms with Gasteiger partial charge in [-0.3, -0.25) is 9.69 Å². The minimum atomic E-state index is -0.293. The minimum absolute atomic E-state index is 0.0377. The van der Waals surface area contributed by atoms with E-state index in [4.69, 9.17) is 4.74 Å². The van der Waals surface area contributed by atoms with E-state index in [0.717, 1.165) is 50.9 Å². The minimum Gasteiger partial charge on any atom is -0.447 e. The standard InChI is InChI=1S/C31H46FN3O3/c1-30(2)21-38-29(37)35(30)20-31(23-8-6-5-7-9-23)14-16-34(17-15-31)28(36)27-19-25(33(3)4)18-26(27)22-10-12-24(32)13-11-22/h10-13,23,25-27H,5-9,14-21H2,1-4H3/t25-,26?,27-/m1/s1. The van der Waals surface area contributed by atoms with Gasteiger partial charge in [-0.2, -0.15) is 0 Å². The van der Waals surface area contributed by atoms with Gasteiger partial charge >= 0.3 is 6.09 Å². The smallest absolute Gasteiger partial charge is 0.410 e. The van der Waals surface area contributed by atoms with Gasteiger partial charge in [-0.1, -0.05) is 31.4 Å². The summed E-state index contributed by atoms with van der Waals surface area (Å²) in [6, 6.07) is 7.10. The molecule has 1 aromatic rings. The number of likely N-dealkylation sites (tertiary alicyclic amines) is 1. The number of rotatable bonds is 6. The van der Waals surface area contributed by atoms with E-state index in [2.05, 4.69) is 37.7 Å². The van der Waals surface area contributed by atoms with E-state index in [9.17, 15) is 14.0 Å². The molecule has 0 bridgehead atoms. The van der Waals surface area contributed by atoms with E-state index < -0.39 is 0 Å². The van der Waals surface area contributed by atoms with Gasteiger partial charge in [-0.05, 0) is 101 Å². The molecule has 1 unspecified atom stereocenters. The summed E-state index contributed by atoms with van der Waals surface area (Å²) in [5, 5.41) is 0. The van der Waals surface area contributed by atoms with E-state index in [-0.39, 0.29) is 40.6 Å². The molecule has 5 rings (SSSR count). The van der Waals surface area contributed by atoms with Crippen molar-refractivity contribution in [3.63, 3.8) is 0 Å². The lowest BCUT2D eigenvalue weighted by molar-refractivity contribution is -0.139. The highest BCUT2D eigenvalue weighted by Gasteiger charge is 2.50. The molecule has 2 amide bonds. The maximum atomic E-state index is 14.1. The molecule has 2 saturated heterocycles. The first-order chi connectivity index (χ1) is 18.1. The first kappa shape index (κ1) is 27.4. The fourth-order valence-corrected chi connectivity index (χ4v) is 7.84. The monoisotopic (exact) mass is 527 g/mol. The first-order valence-electron chi connectivity index (χ1n) is 14.7. The Morgan fingerprint density at radius 3 is 2.29 bits per heavy atom. The summed E-state index contributed by atoms with van der Waals surface area (Å²) in [4.78, 5) is 33.1. The third-order valence-electron chi connectivity index (χ3n) is 10.4. The Morgan fingerprint density at radius 1 is 1.05 bits per heavy atom. The van der Waals surface area contributed by atoms with Crippen LogP contribution in [0.1, 0.15) is 83.1 Å². The highest BCUT2D eigenvalue weighted by molar-refractivity contribution is 5.80. The molecule has 3 atom stereocenters. The number of cyclic esters (lactones) is 1. The van der Waals surface area contributed by atoms with Crippen molar-refractivity contribution < 1.29 is 18.7 Å². The topological polar surface area (TPSA) is 53.1 Å². The van der Waals surface area contributed by atoms with Crippen molar-refractivity contribution in [2.75, 3.05) is 40.3 Å². The van der Waals surface area contributed by atoms with Gasteiger partial charge in [0.2, 0.25) is 5.91 Å². The fraction of sp³-hybridized carbons (Fsp3) is 0.742. The molecule has 4 fully saturated rings. The second-order valence-electron chi connectivity index (χ2n) is 13.3. The van der Waals surface area contributed by atoms with Gasteiger partial charge in [0, 0.05) is 31.6 Å². The van der Waals surface area contributed by atoms with E-state index in [1.54, 1.807) is 0 Å². The summed E-state index contributed by atoms with van der Waals surface area (Å²) in [7, 11) is 4.17. The first-order valence-corrected chi connectivity index (χ1v) is 14.7. The van der Waals surface area contributed by atoms with E-state index in [0.29, 0.717) is 18.6 Å². The molecular formula is C31H46FN3O3. The molecule has 0 N–H and O–H groups in total. The molecular weight excluding hydrogens is 481 g/mol. The number of benzene rings is 1. The lowest BCUT2D eigenvalue weighted by atomic mass is 9.63. The van der Waals surface area contributed by atoms with Gasteiger partial charge in [0.1, 0.15) is 12.4 Å². The van der Waals surface area contributed by atoms with Crippen LogP contribution in [0.5, 0.6) is 0 Å².